The maximum absolute atomic E-state index is 12.5. The lowest BCUT2D eigenvalue weighted by Crippen LogP contribution is -2.34. The van der Waals surface area contributed by atoms with E-state index in [1.165, 1.54) is 0 Å². The summed E-state index contributed by atoms with van der Waals surface area (Å²) in [7, 11) is -3.54. The van der Waals surface area contributed by atoms with Crippen LogP contribution in [0.5, 0.6) is 0 Å². The summed E-state index contributed by atoms with van der Waals surface area (Å²) in [5.74, 6) is 0.588. The molecule has 0 aromatic carbocycles. The molecule has 114 valence electrons. The van der Waals surface area contributed by atoms with E-state index in [1.807, 2.05) is 13.8 Å². The van der Waals surface area contributed by atoms with Crippen LogP contribution in [0.15, 0.2) is 5.03 Å². The van der Waals surface area contributed by atoms with Crippen LogP contribution >= 0.6 is 0 Å². The molecular weight excluding hydrogens is 276 g/mol. The summed E-state index contributed by atoms with van der Waals surface area (Å²) >= 11 is 0. The number of aromatic amines is 1. The van der Waals surface area contributed by atoms with Crippen molar-refractivity contribution in [3.8, 4) is 0 Å². The highest BCUT2D eigenvalue weighted by molar-refractivity contribution is 7.89. The van der Waals surface area contributed by atoms with Gasteiger partial charge in [-0.05, 0) is 38.6 Å². The first-order valence-electron chi connectivity index (χ1n) is 7.21. The van der Waals surface area contributed by atoms with Crippen LogP contribution in [0.1, 0.15) is 44.4 Å². The molecule has 1 fully saturated rings. The molecule has 1 heterocycles. The largest absolute Gasteiger partial charge is 0.313 e. The van der Waals surface area contributed by atoms with Gasteiger partial charge in [0.25, 0.3) is 10.0 Å². The van der Waals surface area contributed by atoms with E-state index in [2.05, 4.69) is 27.2 Å². The summed E-state index contributed by atoms with van der Waals surface area (Å²) in [6, 6.07) is 0.0407. The lowest BCUT2D eigenvalue weighted by atomic mass is 10.1. The molecule has 0 saturated heterocycles. The predicted molar refractivity (Wildman–Crippen MR) is 77.8 cm³/mol. The fourth-order valence-corrected chi connectivity index (χ4v) is 4.18. The maximum Gasteiger partial charge on any atom is 0.260 e. The van der Waals surface area contributed by atoms with Crippen molar-refractivity contribution in [2.75, 3.05) is 6.54 Å². The number of hydrogen-bond donors (Lipinski definition) is 3. The van der Waals surface area contributed by atoms with E-state index in [0.717, 1.165) is 37.1 Å². The molecule has 1 saturated carbocycles. The van der Waals surface area contributed by atoms with E-state index < -0.39 is 10.0 Å². The number of sulfonamides is 1. The lowest BCUT2D eigenvalue weighted by Gasteiger charge is -2.12. The van der Waals surface area contributed by atoms with Gasteiger partial charge in [0, 0.05) is 23.8 Å². The molecule has 1 aliphatic carbocycles. The molecule has 6 nitrogen and oxygen atoms in total. The molecule has 3 N–H and O–H groups in total. The average Bonchev–Trinajstić information content (AvgIpc) is 2.93. The second kappa shape index (κ2) is 6.24. The van der Waals surface area contributed by atoms with Crippen LogP contribution in [0.25, 0.3) is 0 Å². The summed E-state index contributed by atoms with van der Waals surface area (Å²) in [6.45, 7) is 7.29. The molecule has 0 radical (unpaired) electrons. The quantitative estimate of drug-likeness (QED) is 0.739. The number of aryl methyl sites for hydroxylation is 1. The molecular formula is C13H24N4O2S. The Morgan fingerprint density at radius 2 is 2.15 bits per heavy atom. The van der Waals surface area contributed by atoms with Crippen LogP contribution in [-0.4, -0.2) is 31.2 Å². The van der Waals surface area contributed by atoms with Crippen molar-refractivity contribution in [2.24, 2.45) is 5.92 Å². The van der Waals surface area contributed by atoms with Crippen LogP contribution < -0.4 is 10.0 Å². The number of H-pyrrole nitrogens is 1. The fraction of sp³-hybridized carbons (Fsp3) is 0.769. The second-order valence-electron chi connectivity index (χ2n) is 5.65. The van der Waals surface area contributed by atoms with Crippen LogP contribution in [0, 0.1) is 12.8 Å². The summed E-state index contributed by atoms with van der Waals surface area (Å²) in [6.07, 6.45) is 2.90. The van der Waals surface area contributed by atoms with Gasteiger partial charge in [0.2, 0.25) is 0 Å². The monoisotopic (exact) mass is 300 g/mol. The molecule has 1 aliphatic rings. The van der Waals surface area contributed by atoms with Gasteiger partial charge < -0.3 is 5.32 Å². The van der Waals surface area contributed by atoms with Gasteiger partial charge in [0.15, 0.2) is 5.03 Å². The standard InChI is InChI=1S/C13H24N4O2S/c1-4-14-8-12-10(3)15-16-13(12)20(18,19)17-11-6-5-9(2)7-11/h9,11,14,17H,4-8H2,1-3H3,(H,15,16). The molecule has 0 amide bonds. The van der Waals surface area contributed by atoms with Gasteiger partial charge in [-0.15, -0.1) is 0 Å². The van der Waals surface area contributed by atoms with Crippen molar-refractivity contribution in [3.05, 3.63) is 11.3 Å². The Morgan fingerprint density at radius 3 is 2.75 bits per heavy atom. The van der Waals surface area contributed by atoms with Crippen LogP contribution in [-0.2, 0) is 16.6 Å². The van der Waals surface area contributed by atoms with Crippen LogP contribution in [0.2, 0.25) is 0 Å². The SMILES string of the molecule is CCNCc1c(S(=O)(=O)NC2CCC(C)C2)n[nH]c1C. The maximum atomic E-state index is 12.5. The number of nitrogens with zero attached hydrogens (tertiary/aromatic N) is 1. The third kappa shape index (κ3) is 3.39. The third-order valence-corrected chi connectivity index (χ3v) is 5.35. The first-order chi connectivity index (χ1) is 9.44. The molecule has 0 bridgehead atoms. The molecule has 2 atom stereocenters. The van der Waals surface area contributed by atoms with Crippen molar-refractivity contribution in [3.63, 3.8) is 0 Å². The van der Waals surface area contributed by atoms with Gasteiger partial charge in [-0.2, -0.15) is 5.10 Å². The van der Waals surface area contributed by atoms with Gasteiger partial charge in [-0.25, -0.2) is 13.1 Å². The Kier molecular flexibility index (Phi) is 4.82. The average molecular weight is 300 g/mol. The van der Waals surface area contributed by atoms with Gasteiger partial charge in [-0.3, -0.25) is 5.10 Å². The minimum Gasteiger partial charge on any atom is -0.313 e. The number of aromatic nitrogens is 2. The van der Waals surface area contributed by atoms with Crippen molar-refractivity contribution >= 4 is 10.0 Å². The normalized spacial score (nSPS) is 23.4. The number of hydrogen-bond acceptors (Lipinski definition) is 4. The lowest BCUT2D eigenvalue weighted by molar-refractivity contribution is 0.534. The Hall–Kier alpha value is -0.920. The summed E-state index contributed by atoms with van der Waals surface area (Å²) in [5.41, 5.74) is 1.52. The van der Waals surface area contributed by atoms with E-state index in [9.17, 15) is 8.42 Å². The predicted octanol–water partition coefficient (Wildman–Crippen LogP) is 1.29. The first-order valence-corrected chi connectivity index (χ1v) is 8.69. The van der Waals surface area contributed by atoms with Gasteiger partial charge >= 0.3 is 0 Å². The van der Waals surface area contributed by atoms with Crippen molar-refractivity contribution in [2.45, 2.75) is 57.6 Å². The molecule has 2 unspecified atom stereocenters. The van der Waals surface area contributed by atoms with E-state index in [1.54, 1.807) is 0 Å². The van der Waals surface area contributed by atoms with E-state index in [-0.39, 0.29) is 11.1 Å². The zero-order valence-corrected chi connectivity index (χ0v) is 13.2. The first kappa shape index (κ1) is 15.5. The van der Waals surface area contributed by atoms with E-state index >= 15 is 0 Å². The van der Waals surface area contributed by atoms with Gasteiger partial charge in [0.05, 0.1) is 0 Å². The number of nitrogens with one attached hydrogen (secondary N) is 3. The Balaban J connectivity index is 2.16. The smallest absolute Gasteiger partial charge is 0.260 e. The van der Waals surface area contributed by atoms with Crippen LogP contribution in [0.3, 0.4) is 0 Å². The topological polar surface area (TPSA) is 86.9 Å². The highest BCUT2D eigenvalue weighted by Gasteiger charge is 2.29. The van der Waals surface area contributed by atoms with E-state index in [4.69, 9.17) is 0 Å². The summed E-state index contributed by atoms with van der Waals surface area (Å²) in [5, 5.41) is 10.0. The molecule has 20 heavy (non-hydrogen) atoms. The highest BCUT2D eigenvalue weighted by Crippen LogP contribution is 2.26. The Bertz CT molecular complexity index is 553. The zero-order valence-electron chi connectivity index (χ0n) is 12.4. The molecule has 1 aromatic rings. The summed E-state index contributed by atoms with van der Waals surface area (Å²) in [4.78, 5) is 0. The van der Waals surface area contributed by atoms with Crippen molar-refractivity contribution < 1.29 is 8.42 Å². The number of rotatable bonds is 6. The molecule has 2 rings (SSSR count). The van der Waals surface area contributed by atoms with E-state index in [0.29, 0.717) is 12.5 Å². The van der Waals surface area contributed by atoms with Crippen LogP contribution in [0.4, 0.5) is 0 Å². The fourth-order valence-electron chi connectivity index (χ4n) is 2.70. The minimum atomic E-state index is -3.54. The summed E-state index contributed by atoms with van der Waals surface area (Å²) < 4.78 is 27.7. The van der Waals surface area contributed by atoms with Gasteiger partial charge in [-0.1, -0.05) is 13.8 Å². The van der Waals surface area contributed by atoms with Gasteiger partial charge in [0.1, 0.15) is 0 Å². The minimum absolute atomic E-state index is 0.0407. The van der Waals surface area contributed by atoms with Crippen molar-refractivity contribution in [1.29, 1.82) is 0 Å². The second-order valence-corrected chi connectivity index (χ2v) is 7.28. The zero-order chi connectivity index (χ0) is 14.8. The molecule has 0 aliphatic heterocycles. The highest BCUT2D eigenvalue weighted by atomic mass is 32.2. The Labute approximate surface area is 120 Å². The molecule has 1 aromatic heterocycles. The molecule has 7 heteroatoms. The third-order valence-electron chi connectivity index (χ3n) is 3.86. The Morgan fingerprint density at radius 1 is 1.40 bits per heavy atom. The van der Waals surface area contributed by atoms with Crippen molar-refractivity contribution in [1.82, 2.24) is 20.2 Å². The molecule has 0 spiro atoms.